The molecule has 1 aliphatic heterocycles. The molecule has 0 radical (unpaired) electrons. The third-order valence-electron chi connectivity index (χ3n) is 5.59. The van der Waals surface area contributed by atoms with Crippen LogP contribution in [0.2, 0.25) is 0 Å². The van der Waals surface area contributed by atoms with E-state index in [-0.39, 0.29) is 43.1 Å². The molecular formula is C22H23N3O3. The fourth-order valence-corrected chi connectivity index (χ4v) is 4.09. The van der Waals surface area contributed by atoms with Crippen LogP contribution in [0.15, 0.2) is 48.5 Å². The van der Waals surface area contributed by atoms with Crippen molar-refractivity contribution in [1.29, 1.82) is 0 Å². The van der Waals surface area contributed by atoms with Gasteiger partial charge >= 0.3 is 0 Å². The van der Waals surface area contributed by atoms with Gasteiger partial charge < -0.3 is 15.1 Å². The Labute approximate surface area is 164 Å². The van der Waals surface area contributed by atoms with Crippen LogP contribution in [0.3, 0.4) is 0 Å². The number of rotatable bonds is 4. The van der Waals surface area contributed by atoms with Crippen LogP contribution in [0, 0.1) is 0 Å². The molecule has 1 unspecified atom stereocenters. The lowest BCUT2D eigenvalue weighted by Crippen LogP contribution is -2.42. The number of anilines is 2. The van der Waals surface area contributed by atoms with E-state index in [9.17, 15) is 14.4 Å². The maximum absolute atomic E-state index is 12.7. The van der Waals surface area contributed by atoms with Gasteiger partial charge in [0, 0.05) is 19.9 Å². The van der Waals surface area contributed by atoms with Crippen molar-refractivity contribution in [3.8, 4) is 0 Å². The average molecular weight is 377 g/mol. The summed E-state index contributed by atoms with van der Waals surface area (Å²) in [4.78, 5) is 40.6. The molecule has 28 heavy (non-hydrogen) atoms. The number of amides is 3. The van der Waals surface area contributed by atoms with Crippen molar-refractivity contribution >= 4 is 29.1 Å². The maximum atomic E-state index is 12.7. The molecule has 0 aromatic heterocycles. The highest BCUT2D eigenvalue weighted by Crippen LogP contribution is 2.35. The molecule has 4 rings (SSSR count). The lowest BCUT2D eigenvalue weighted by molar-refractivity contribution is -0.134. The maximum Gasteiger partial charge on any atom is 0.244 e. The van der Waals surface area contributed by atoms with Gasteiger partial charge in [-0.1, -0.05) is 36.4 Å². The second-order valence-corrected chi connectivity index (χ2v) is 7.30. The molecule has 0 spiro atoms. The third kappa shape index (κ3) is 3.38. The highest BCUT2D eigenvalue weighted by molar-refractivity contribution is 6.10. The van der Waals surface area contributed by atoms with Crippen LogP contribution in [0.1, 0.15) is 36.4 Å². The largest absolute Gasteiger partial charge is 0.339 e. The summed E-state index contributed by atoms with van der Waals surface area (Å²) in [5.74, 6) is -0.487. The second kappa shape index (κ2) is 7.46. The minimum atomic E-state index is -0.224. The molecule has 6 nitrogen and oxygen atoms in total. The quantitative estimate of drug-likeness (QED) is 0.891. The fourth-order valence-electron chi connectivity index (χ4n) is 4.09. The molecule has 0 fully saturated rings. The molecule has 2 aromatic carbocycles. The molecule has 2 aliphatic rings. The number of carbonyl (C=O) groups excluding carboxylic acids is 3. The Hall–Kier alpha value is -3.15. The summed E-state index contributed by atoms with van der Waals surface area (Å²) in [6.45, 7) is -0.0180. The summed E-state index contributed by atoms with van der Waals surface area (Å²) >= 11 is 0. The van der Waals surface area contributed by atoms with Gasteiger partial charge in [-0.2, -0.15) is 0 Å². The van der Waals surface area contributed by atoms with Crippen molar-refractivity contribution in [3.05, 3.63) is 59.7 Å². The molecule has 144 valence electrons. The lowest BCUT2D eigenvalue weighted by Gasteiger charge is -2.30. The molecule has 2 aromatic rings. The van der Waals surface area contributed by atoms with E-state index in [0.717, 1.165) is 12.8 Å². The van der Waals surface area contributed by atoms with Gasteiger partial charge in [0.25, 0.3) is 0 Å². The van der Waals surface area contributed by atoms with E-state index in [2.05, 4.69) is 17.4 Å². The summed E-state index contributed by atoms with van der Waals surface area (Å²) in [6, 6.07) is 15.5. The molecule has 0 saturated carbocycles. The normalized spacial score (nSPS) is 17.5. The van der Waals surface area contributed by atoms with Crippen molar-refractivity contribution in [2.24, 2.45) is 0 Å². The van der Waals surface area contributed by atoms with Crippen LogP contribution >= 0.6 is 0 Å². The van der Waals surface area contributed by atoms with Crippen molar-refractivity contribution in [1.82, 2.24) is 4.90 Å². The number of nitrogens with zero attached hydrogens (tertiary/aromatic N) is 2. The average Bonchev–Trinajstić information content (AvgIpc) is 3.14. The SMILES string of the molecule is CN(C(=O)CCC(=O)N1CC(=O)Nc2ccccc21)C1CCc2ccccc21. The molecule has 0 saturated heterocycles. The van der Waals surface area contributed by atoms with Crippen LogP contribution in [0.25, 0.3) is 0 Å². The van der Waals surface area contributed by atoms with Crippen molar-refractivity contribution in [2.45, 2.75) is 31.7 Å². The molecule has 3 amide bonds. The molecule has 1 heterocycles. The Bertz CT molecular complexity index is 940. The summed E-state index contributed by atoms with van der Waals surface area (Å²) < 4.78 is 0. The standard InChI is InChI=1S/C22H23N3O3/c1-24(18-11-10-15-6-2-3-7-16(15)18)21(27)12-13-22(28)25-14-20(26)23-17-8-4-5-9-19(17)25/h2-9,18H,10-14H2,1H3,(H,23,26). The van der Waals surface area contributed by atoms with E-state index in [4.69, 9.17) is 0 Å². The van der Waals surface area contributed by atoms with Crippen molar-refractivity contribution in [3.63, 3.8) is 0 Å². The Morgan fingerprint density at radius 3 is 2.71 bits per heavy atom. The predicted octanol–water partition coefficient (Wildman–Crippen LogP) is 2.90. The predicted molar refractivity (Wildman–Crippen MR) is 107 cm³/mol. The van der Waals surface area contributed by atoms with E-state index in [0.29, 0.717) is 11.4 Å². The van der Waals surface area contributed by atoms with E-state index < -0.39 is 0 Å². The van der Waals surface area contributed by atoms with Crippen LogP contribution < -0.4 is 10.2 Å². The van der Waals surface area contributed by atoms with E-state index in [1.165, 1.54) is 16.0 Å². The van der Waals surface area contributed by atoms with E-state index in [1.54, 1.807) is 17.0 Å². The lowest BCUT2D eigenvalue weighted by atomic mass is 10.1. The zero-order valence-corrected chi connectivity index (χ0v) is 15.9. The first kappa shape index (κ1) is 18.2. The highest BCUT2D eigenvalue weighted by Gasteiger charge is 2.30. The summed E-state index contributed by atoms with van der Waals surface area (Å²) in [5.41, 5.74) is 3.79. The Morgan fingerprint density at radius 2 is 1.86 bits per heavy atom. The number of carbonyl (C=O) groups is 3. The number of para-hydroxylation sites is 2. The monoisotopic (exact) mass is 377 g/mol. The van der Waals surface area contributed by atoms with Crippen LogP contribution in [-0.2, 0) is 20.8 Å². The summed E-state index contributed by atoms with van der Waals surface area (Å²) in [7, 11) is 1.81. The van der Waals surface area contributed by atoms with Crippen LogP contribution in [-0.4, -0.2) is 36.2 Å². The van der Waals surface area contributed by atoms with Crippen LogP contribution in [0.4, 0.5) is 11.4 Å². The van der Waals surface area contributed by atoms with Crippen LogP contribution in [0.5, 0.6) is 0 Å². The van der Waals surface area contributed by atoms with Gasteiger partial charge in [-0.25, -0.2) is 0 Å². The first-order valence-corrected chi connectivity index (χ1v) is 9.57. The molecule has 1 N–H and O–H groups in total. The Kier molecular flexibility index (Phi) is 4.86. The van der Waals surface area contributed by atoms with Gasteiger partial charge in [-0.3, -0.25) is 14.4 Å². The summed E-state index contributed by atoms with van der Waals surface area (Å²) in [5, 5.41) is 2.77. The molecule has 1 atom stereocenters. The van der Waals surface area contributed by atoms with Gasteiger partial charge in [0.05, 0.1) is 17.4 Å². The van der Waals surface area contributed by atoms with E-state index in [1.807, 2.05) is 31.3 Å². The molecular weight excluding hydrogens is 354 g/mol. The first-order chi connectivity index (χ1) is 13.5. The van der Waals surface area contributed by atoms with Crippen molar-refractivity contribution in [2.75, 3.05) is 23.8 Å². The van der Waals surface area contributed by atoms with Gasteiger partial charge in [0.2, 0.25) is 17.7 Å². The number of aryl methyl sites for hydroxylation is 1. The number of hydrogen-bond donors (Lipinski definition) is 1. The van der Waals surface area contributed by atoms with Gasteiger partial charge in [-0.15, -0.1) is 0 Å². The molecule has 1 aliphatic carbocycles. The van der Waals surface area contributed by atoms with Gasteiger partial charge in [0.15, 0.2) is 0 Å². The minimum absolute atomic E-state index is 0.0180. The first-order valence-electron chi connectivity index (χ1n) is 9.57. The Balaban J connectivity index is 1.40. The number of fused-ring (bicyclic) bond motifs is 2. The highest BCUT2D eigenvalue weighted by atomic mass is 16.2. The molecule has 0 bridgehead atoms. The number of hydrogen-bond acceptors (Lipinski definition) is 3. The second-order valence-electron chi connectivity index (χ2n) is 7.30. The topological polar surface area (TPSA) is 69.7 Å². The molecule has 6 heteroatoms. The van der Waals surface area contributed by atoms with Crippen molar-refractivity contribution < 1.29 is 14.4 Å². The summed E-state index contributed by atoms with van der Waals surface area (Å²) in [6.07, 6.45) is 2.10. The zero-order chi connectivity index (χ0) is 19.7. The fraction of sp³-hybridized carbons (Fsp3) is 0.318. The minimum Gasteiger partial charge on any atom is -0.339 e. The third-order valence-corrected chi connectivity index (χ3v) is 5.59. The van der Waals surface area contributed by atoms with Gasteiger partial charge in [0.1, 0.15) is 6.54 Å². The zero-order valence-electron chi connectivity index (χ0n) is 15.9. The van der Waals surface area contributed by atoms with Gasteiger partial charge in [-0.05, 0) is 36.1 Å². The van der Waals surface area contributed by atoms with E-state index >= 15 is 0 Å². The number of benzene rings is 2. The Morgan fingerprint density at radius 1 is 1.11 bits per heavy atom. The smallest absolute Gasteiger partial charge is 0.244 e. The number of nitrogens with one attached hydrogen (secondary N) is 1.